The van der Waals surface area contributed by atoms with Crippen molar-refractivity contribution >= 4 is 11.8 Å². The molecule has 2 aliphatic rings. The summed E-state index contributed by atoms with van der Waals surface area (Å²) in [7, 11) is 2.84. The van der Waals surface area contributed by atoms with Crippen LogP contribution in [0.15, 0.2) is 48.9 Å². The maximum atomic E-state index is 14.8. The van der Waals surface area contributed by atoms with E-state index in [1.54, 1.807) is 18.0 Å². The van der Waals surface area contributed by atoms with Crippen molar-refractivity contribution < 1.29 is 50.1 Å². The van der Waals surface area contributed by atoms with Crippen molar-refractivity contribution in [1.82, 2.24) is 24.8 Å². The molecular formula is C33H35F6N5O5. The van der Waals surface area contributed by atoms with E-state index in [0.717, 1.165) is 36.7 Å². The van der Waals surface area contributed by atoms with Crippen LogP contribution in [0.25, 0.3) is 0 Å². The van der Waals surface area contributed by atoms with Crippen molar-refractivity contribution in [2.75, 3.05) is 33.9 Å². The number of benzene rings is 1. The SMILES string of the molecule is CCC[C@H]1N(C(=O)c2cnccc2C(F)(F)F)CCC[C@@]1(Oc1ccc(C(F)(F)F)cc1)C(=O)N1CCC(c2cnc(OC)nc2OC)C1. The van der Waals surface area contributed by atoms with Gasteiger partial charge in [0.1, 0.15) is 5.75 Å². The van der Waals surface area contributed by atoms with Gasteiger partial charge in [-0.05, 0) is 49.6 Å². The molecule has 0 spiro atoms. The van der Waals surface area contributed by atoms with Crippen LogP contribution in [0.3, 0.4) is 0 Å². The smallest absolute Gasteiger partial charge is 0.417 e. The number of carbonyl (C=O) groups excluding carboxylic acids is 2. The number of aromatic nitrogens is 3. The molecule has 5 rings (SSSR count). The van der Waals surface area contributed by atoms with E-state index in [4.69, 9.17) is 14.2 Å². The Morgan fingerprint density at radius 2 is 1.71 bits per heavy atom. The van der Waals surface area contributed by atoms with E-state index >= 15 is 0 Å². The van der Waals surface area contributed by atoms with Crippen molar-refractivity contribution in [2.45, 2.75) is 68.9 Å². The monoisotopic (exact) mass is 695 g/mol. The van der Waals surface area contributed by atoms with E-state index in [1.165, 1.54) is 19.1 Å². The number of ether oxygens (including phenoxy) is 3. The van der Waals surface area contributed by atoms with Gasteiger partial charge in [-0.15, -0.1) is 0 Å². The lowest BCUT2D eigenvalue weighted by Gasteiger charge is -2.49. The standard InChI is InChI=1S/C33H35F6N5O5/c1-4-6-26-31(49-22-9-7-21(8-10-22)32(34,35)36,13-5-15-44(26)28(45)24-17-40-14-11-25(24)33(37,38)39)29(46)43-16-12-20(19-43)23-18-41-30(48-3)42-27(23)47-2/h7-11,14,17-18,20,26H,4-6,12-13,15-16,19H2,1-3H3/t20?,26-,31+/m1/s1. The van der Waals surface area contributed by atoms with Gasteiger partial charge in [0.05, 0.1) is 37.0 Å². The van der Waals surface area contributed by atoms with Crippen molar-refractivity contribution in [3.63, 3.8) is 0 Å². The van der Waals surface area contributed by atoms with Crippen LogP contribution in [-0.2, 0) is 17.1 Å². The second-order valence-electron chi connectivity index (χ2n) is 11.9. The number of likely N-dealkylation sites (tertiary alicyclic amines) is 2. The molecule has 264 valence electrons. The molecule has 2 aromatic heterocycles. The highest BCUT2D eigenvalue weighted by Crippen LogP contribution is 2.42. The minimum absolute atomic E-state index is 0.0180. The number of halogens is 6. The number of pyridine rings is 1. The van der Waals surface area contributed by atoms with Crippen LogP contribution in [0.4, 0.5) is 26.3 Å². The molecule has 0 bridgehead atoms. The first-order valence-corrected chi connectivity index (χ1v) is 15.7. The van der Waals surface area contributed by atoms with Gasteiger partial charge in [0.15, 0.2) is 0 Å². The highest BCUT2D eigenvalue weighted by molar-refractivity contribution is 5.97. The molecule has 1 aromatic carbocycles. The number of piperidine rings is 1. The molecule has 0 radical (unpaired) electrons. The third kappa shape index (κ3) is 7.22. The summed E-state index contributed by atoms with van der Waals surface area (Å²) in [5, 5.41) is 0. The van der Waals surface area contributed by atoms with Crippen molar-refractivity contribution in [1.29, 1.82) is 0 Å². The molecule has 2 fully saturated rings. The Bertz CT molecular complexity index is 1650. The maximum absolute atomic E-state index is 14.8. The Morgan fingerprint density at radius 3 is 2.35 bits per heavy atom. The lowest BCUT2D eigenvalue weighted by atomic mass is 9.79. The molecule has 1 unspecified atom stereocenters. The number of hydrogen-bond donors (Lipinski definition) is 0. The van der Waals surface area contributed by atoms with Gasteiger partial charge in [0, 0.05) is 56.1 Å². The van der Waals surface area contributed by atoms with Crippen LogP contribution >= 0.6 is 0 Å². The Balaban J connectivity index is 1.55. The van der Waals surface area contributed by atoms with E-state index in [0.29, 0.717) is 24.5 Å². The predicted octanol–water partition coefficient (Wildman–Crippen LogP) is 6.17. The largest absolute Gasteiger partial charge is 0.481 e. The van der Waals surface area contributed by atoms with Crippen molar-refractivity contribution in [3.05, 3.63) is 71.2 Å². The van der Waals surface area contributed by atoms with E-state index in [2.05, 4.69) is 15.0 Å². The number of rotatable bonds is 9. The lowest BCUT2D eigenvalue weighted by Crippen LogP contribution is -2.67. The number of alkyl halides is 6. The second kappa shape index (κ2) is 14.1. The van der Waals surface area contributed by atoms with Gasteiger partial charge in [-0.2, -0.15) is 31.3 Å². The quantitative estimate of drug-likeness (QED) is 0.245. The Hall–Kier alpha value is -4.63. The Kier molecular flexibility index (Phi) is 10.2. The lowest BCUT2D eigenvalue weighted by molar-refractivity contribution is -0.158. The number of methoxy groups -OCH3 is 2. The summed E-state index contributed by atoms with van der Waals surface area (Å²) in [5.41, 5.74) is -4.01. The zero-order valence-corrected chi connectivity index (χ0v) is 27.0. The molecule has 0 aliphatic carbocycles. The summed E-state index contributed by atoms with van der Waals surface area (Å²) in [4.78, 5) is 43.7. The molecular weight excluding hydrogens is 660 g/mol. The molecule has 10 nitrogen and oxygen atoms in total. The first-order chi connectivity index (χ1) is 23.2. The van der Waals surface area contributed by atoms with E-state index in [1.807, 2.05) is 0 Å². The van der Waals surface area contributed by atoms with E-state index in [9.17, 15) is 35.9 Å². The molecule has 0 N–H and O–H groups in total. The van der Waals surface area contributed by atoms with Gasteiger partial charge in [0.2, 0.25) is 11.5 Å². The summed E-state index contributed by atoms with van der Waals surface area (Å²) in [6.45, 7) is 2.21. The average Bonchev–Trinajstić information content (AvgIpc) is 3.57. The number of amides is 2. The van der Waals surface area contributed by atoms with Gasteiger partial charge < -0.3 is 24.0 Å². The van der Waals surface area contributed by atoms with Crippen molar-refractivity contribution in [3.8, 4) is 17.6 Å². The van der Waals surface area contributed by atoms with Gasteiger partial charge in [-0.1, -0.05) is 13.3 Å². The minimum Gasteiger partial charge on any atom is -0.481 e. The highest BCUT2D eigenvalue weighted by atomic mass is 19.4. The third-order valence-electron chi connectivity index (χ3n) is 8.93. The van der Waals surface area contributed by atoms with Crippen LogP contribution in [0.2, 0.25) is 0 Å². The molecule has 0 saturated carbocycles. The molecule has 2 aliphatic heterocycles. The first-order valence-electron chi connectivity index (χ1n) is 15.7. The summed E-state index contributed by atoms with van der Waals surface area (Å²) in [6, 6.07) is 3.56. The predicted molar refractivity (Wildman–Crippen MR) is 162 cm³/mol. The molecule has 3 atom stereocenters. The number of hydrogen-bond acceptors (Lipinski definition) is 8. The fourth-order valence-electron chi connectivity index (χ4n) is 6.66. The number of nitrogens with zero attached hydrogens (tertiary/aromatic N) is 5. The van der Waals surface area contributed by atoms with Gasteiger partial charge in [-0.3, -0.25) is 14.6 Å². The van der Waals surface area contributed by atoms with Crippen LogP contribution in [0, 0.1) is 0 Å². The van der Waals surface area contributed by atoms with Crippen LogP contribution < -0.4 is 14.2 Å². The van der Waals surface area contributed by atoms with Crippen LogP contribution in [0.1, 0.15) is 72.0 Å². The highest BCUT2D eigenvalue weighted by Gasteiger charge is 2.56. The Labute approximate surface area is 278 Å². The summed E-state index contributed by atoms with van der Waals surface area (Å²) >= 11 is 0. The van der Waals surface area contributed by atoms with E-state index < -0.39 is 52.5 Å². The second-order valence-corrected chi connectivity index (χ2v) is 11.9. The molecule has 4 heterocycles. The maximum Gasteiger partial charge on any atom is 0.417 e. The molecule has 49 heavy (non-hydrogen) atoms. The summed E-state index contributed by atoms with van der Waals surface area (Å²) in [5.74, 6) is -1.59. The fraction of sp³-hybridized carbons (Fsp3) is 0.485. The summed E-state index contributed by atoms with van der Waals surface area (Å²) in [6.07, 6.45) is -4.91. The molecule has 16 heteroatoms. The van der Waals surface area contributed by atoms with Crippen LogP contribution in [-0.4, -0.2) is 82.1 Å². The van der Waals surface area contributed by atoms with Gasteiger partial charge in [0.25, 0.3) is 11.8 Å². The van der Waals surface area contributed by atoms with Gasteiger partial charge in [-0.25, -0.2) is 4.98 Å². The molecule has 2 amide bonds. The number of carbonyl (C=O) groups is 2. The fourth-order valence-corrected chi connectivity index (χ4v) is 6.66. The first kappa shape index (κ1) is 35.7. The minimum atomic E-state index is -4.86. The van der Waals surface area contributed by atoms with Crippen LogP contribution in [0.5, 0.6) is 17.6 Å². The Morgan fingerprint density at radius 1 is 0.980 bits per heavy atom. The third-order valence-corrected chi connectivity index (χ3v) is 8.93. The summed E-state index contributed by atoms with van der Waals surface area (Å²) < 4.78 is 99.1. The zero-order chi connectivity index (χ0) is 35.6. The zero-order valence-electron chi connectivity index (χ0n) is 27.0. The van der Waals surface area contributed by atoms with Gasteiger partial charge >= 0.3 is 18.4 Å². The topological polar surface area (TPSA) is 107 Å². The van der Waals surface area contributed by atoms with E-state index in [-0.39, 0.29) is 62.5 Å². The molecule has 2 saturated heterocycles. The normalized spacial score (nSPS) is 21.4. The molecule has 3 aromatic rings. The van der Waals surface area contributed by atoms with Crippen molar-refractivity contribution in [2.24, 2.45) is 0 Å². The average molecular weight is 696 g/mol.